The van der Waals surface area contributed by atoms with E-state index in [1.165, 1.54) is 0 Å². The van der Waals surface area contributed by atoms with E-state index in [1.807, 2.05) is 0 Å². The standard InChI is InChI=1S/C2H6O2.Al.3H2O/c3-1-2-4;;;;/h3-4H,1-2H2;;3*1H2/q;+3;;;/p-3. The minimum absolute atomic E-state index is 0. The Balaban J connectivity index is -0.00000000750. The molecule has 0 saturated carbocycles. The van der Waals surface area contributed by atoms with Crippen LogP contribution in [0.15, 0.2) is 0 Å². The Hall–Kier alpha value is 0.332. The zero-order valence-electron chi connectivity index (χ0n) is 4.23. The summed E-state index contributed by atoms with van der Waals surface area (Å²) in [6, 6.07) is 0. The van der Waals surface area contributed by atoms with Gasteiger partial charge in [-0.05, 0) is 0 Å². The minimum atomic E-state index is -0.125. The molecule has 5 nitrogen and oxygen atoms in total. The number of aliphatic hydroxyl groups is 2. The summed E-state index contributed by atoms with van der Waals surface area (Å²) in [4.78, 5) is 0. The first-order valence-corrected chi connectivity index (χ1v) is 1.13. The number of aliphatic hydroxyl groups excluding tert-OH is 2. The van der Waals surface area contributed by atoms with Crippen molar-refractivity contribution >= 4 is 17.4 Å². The van der Waals surface area contributed by atoms with Gasteiger partial charge in [-0.1, -0.05) is 0 Å². The summed E-state index contributed by atoms with van der Waals surface area (Å²) < 4.78 is 0. The van der Waals surface area contributed by atoms with Crippen LogP contribution in [0.4, 0.5) is 0 Å². The smallest absolute Gasteiger partial charge is 0.870 e. The molecule has 0 atom stereocenters. The third-order valence-corrected chi connectivity index (χ3v) is 0.1000. The number of hydrogen-bond acceptors (Lipinski definition) is 5. The van der Waals surface area contributed by atoms with Crippen molar-refractivity contribution in [2.75, 3.05) is 13.2 Å². The van der Waals surface area contributed by atoms with Gasteiger partial charge in [-0.3, -0.25) is 0 Å². The predicted octanol–water partition coefficient (Wildman–Crippen LogP) is -1.94. The van der Waals surface area contributed by atoms with E-state index in [9.17, 15) is 0 Å². The van der Waals surface area contributed by atoms with Gasteiger partial charge in [-0.25, -0.2) is 0 Å². The predicted molar refractivity (Wildman–Crippen MR) is 25.7 cm³/mol. The topological polar surface area (TPSA) is 130 Å². The van der Waals surface area contributed by atoms with Gasteiger partial charge in [0, 0.05) is 0 Å². The van der Waals surface area contributed by atoms with Crippen molar-refractivity contribution in [1.82, 2.24) is 0 Å². The Bertz CT molecular complexity index is 12.4. The molecule has 6 heteroatoms. The van der Waals surface area contributed by atoms with E-state index < -0.39 is 0 Å². The second-order valence-corrected chi connectivity index (χ2v) is 0.447. The number of rotatable bonds is 1. The van der Waals surface area contributed by atoms with E-state index in [0.29, 0.717) is 0 Å². The van der Waals surface area contributed by atoms with Gasteiger partial charge in [-0.15, -0.1) is 0 Å². The van der Waals surface area contributed by atoms with Crippen molar-refractivity contribution in [2.24, 2.45) is 0 Å². The second kappa shape index (κ2) is 54.0. The summed E-state index contributed by atoms with van der Waals surface area (Å²) in [5.74, 6) is 0. The fourth-order valence-electron chi connectivity index (χ4n) is 0. The van der Waals surface area contributed by atoms with Gasteiger partial charge in [0.05, 0.1) is 13.2 Å². The van der Waals surface area contributed by atoms with Crippen LogP contribution in [0.3, 0.4) is 0 Å². The second-order valence-electron chi connectivity index (χ2n) is 0.447. The van der Waals surface area contributed by atoms with Crippen molar-refractivity contribution in [2.45, 2.75) is 0 Å². The van der Waals surface area contributed by atoms with Gasteiger partial charge in [0.25, 0.3) is 0 Å². The molecule has 0 saturated heterocycles. The SMILES string of the molecule is OCCO.[Al+3].[OH-].[OH-].[OH-]. The maximum absolute atomic E-state index is 7.62. The van der Waals surface area contributed by atoms with E-state index in [0.717, 1.165) is 0 Å². The Morgan fingerprint density at radius 1 is 0.750 bits per heavy atom. The molecule has 0 aromatic heterocycles. The molecule has 0 fully saturated rings. The Morgan fingerprint density at radius 3 is 0.875 bits per heavy atom. The average molecular weight is 140 g/mol. The molecule has 0 unspecified atom stereocenters. The van der Waals surface area contributed by atoms with Gasteiger partial charge in [0.1, 0.15) is 0 Å². The molecule has 0 aliphatic carbocycles. The first-order valence-electron chi connectivity index (χ1n) is 1.13. The van der Waals surface area contributed by atoms with Gasteiger partial charge >= 0.3 is 17.4 Å². The molecule has 0 spiro atoms. The zero-order valence-corrected chi connectivity index (χ0v) is 5.38. The van der Waals surface area contributed by atoms with E-state index in [-0.39, 0.29) is 47.0 Å². The van der Waals surface area contributed by atoms with Crippen LogP contribution < -0.4 is 0 Å². The van der Waals surface area contributed by atoms with Crippen LogP contribution in [0.25, 0.3) is 0 Å². The van der Waals surface area contributed by atoms with E-state index in [1.54, 1.807) is 0 Å². The van der Waals surface area contributed by atoms with Crippen molar-refractivity contribution in [3.63, 3.8) is 0 Å². The van der Waals surface area contributed by atoms with E-state index >= 15 is 0 Å². The summed E-state index contributed by atoms with van der Waals surface area (Å²) in [5, 5.41) is 15.2. The fraction of sp³-hybridized carbons (Fsp3) is 1.00. The van der Waals surface area contributed by atoms with E-state index in [4.69, 9.17) is 10.2 Å². The van der Waals surface area contributed by atoms with Gasteiger partial charge in [-0.2, -0.15) is 0 Å². The number of hydrogen-bond donors (Lipinski definition) is 2. The third-order valence-electron chi connectivity index (χ3n) is 0.1000. The minimum Gasteiger partial charge on any atom is -0.870 e. The normalized spacial score (nSPS) is 3.75. The Kier molecular flexibility index (Phi) is 273. The largest absolute Gasteiger partial charge is 3.00 e. The summed E-state index contributed by atoms with van der Waals surface area (Å²) in [6.07, 6.45) is 0. The monoisotopic (exact) mass is 140 g/mol. The van der Waals surface area contributed by atoms with E-state index in [2.05, 4.69) is 0 Å². The molecule has 0 heterocycles. The van der Waals surface area contributed by atoms with Crippen molar-refractivity contribution in [1.29, 1.82) is 0 Å². The van der Waals surface area contributed by atoms with Gasteiger partial charge < -0.3 is 26.6 Å². The van der Waals surface area contributed by atoms with Gasteiger partial charge in [0.2, 0.25) is 0 Å². The van der Waals surface area contributed by atoms with Gasteiger partial charge in [0.15, 0.2) is 0 Å². The Labute approximate surface area is 58.0 Å². The average Bonchev–Trinajstić information content (AvgIpc) is 1.37. The van der Waals surface area contributed by atoms with Crippen LogP contribution in [0.2, 0.25) is 0 Å². The first kappa shape index (κ1) is 40.3. The molecule has 8 heavy (non-hydrogen) atoms. The molecular weight excluding hydrogens is 131 g/mol. The molecule has 0 aromatic rings. The molecule has 0 amide bonds. The van der Waals surface area contributed by atoms with Crippen LogP contribution in [0.5, 0.6) is 0 Å². The molecule has 0 radical (unpaired) electrons. The fourth-order valence-corrected chi connectivity index (χ4v) is 0. The van der Waals surface area contributed by atoms with Crippen molar-refractivity contribution < 1.29 is 26.6 Å². The summed E-state index contributed by atoms with van der Waals surface area (Å²) >= 11 is 0. The quantitative estimate of drug-likeness (QED) is 0.409. The molecule has 50 valence electrons. The first-order chi connectivity index (χ1) is 1.91. The van der Waals surface area contributed by atoms with Crippen LogP contribution >= 0.6 is 0 Å². The molecular formula is C2H9AlO5. The molecule has 5 N–H and O–H groups in total. The molecule has 0 aliphatic rings. The van der Waals surface area contributed by atoms with Crippen LogP contribution in [-0.4, -0.2) is 57.2 Å². The summed E-state index contributed by atoms with van der Waals surface area (Å²) in [6.45, 7) is -0.250. The third kappa shape index (κ3) is 101. The Morgan fingerprint density at radius 2 is 0.875 bits per heavy atom. The van der Waals surface area contributed by atoms with Crippen LogP contribution in [0.1, 0.15) is 0 Å². The summed E-state index contributed by atoms with van der Waals surface area (Å²) in [7, 11) is 0. The molecule has 0 rings (SSSR count). The maximum atomic E-state index is 7.62. The zero-order chi connectivity index (χ0) is 3.41. The summed E-state index contributed by atoms with van der Waals surface area (Å²) in [5.41, 5.74) is 0. The molecule has 0 bridgehead atoms. The van der Waals surface area contributed by atoms with Crippen LogP contribution in [-0.2, 0) is 0 Å². The molecule has 0 aromatic carbocycles. The van der Waals surface area contributed by atoms with Crippen LogP contribution in [0, 0.1) is 0 Å². The molecule has 0 aliphatic heterocycles. The maximum Gasteiger partial charge on any atom is 3.00 e. The van der Waals surface area contributed by atoms with Crippen molar-refractivity contribution in [3.8, 4) is 0 Å². The van der Waals surface area contributed by atoms with Crippen molar-refractivity contribution in [3.05, 3.63) is 0 Å².